The number of piperidine rings is 1. The van der Waals surface area contributed by atoms with Crippen LogP contribution in [0.5, 0.6) is 5.75 Å². The quantitative estimate of drug-likeness (QED) is 0.507. The van der Waals surface area contributed by atoms with E-state index in [2.05, 4.69) is 38.5 Å². The molecule has 2 fully saturated rings. The monoisotopic (exact) mass is 458 g/mol. The summed E-state index contributed by atoms with van der Waals surface area (Å²) in [6.07, 6.45) is 4.09. The van der Waals surface area contributed by atoms with Crippen LogP contribution >= 0.6 is 0 Å². The Morgan fingerprint density at radius 2 is 2.15 bits per heavy atom. The number of likely N-dealkylation sites (tertiary alicyclic amines) is 1. The molecule has 2 aliphatic heterocycles. The first-order chi connectivity index (χ1) is 16.6. The van der Waals surface area contributed by atoms with Crippen LogP contribution in [0.1, 0.15) is 30.1 Å². The van der Waals surface area contributed by atoms with E-state index in [1.807, 2.05) is 36.3 Å². The number of ether oxygens (including phenoxy) is 1. The van der Waals surface area contributed by atoms with Gasteiger partial charge in [-0.05, 0) is 62.6 Å². The van der Waals surface area contributed by atoms with E-state index in [-0.39, 0.29) is 5.91 Å². The van der Waals surface area contributed by atoms with Crippen LogP contribution in [0.4, 0.5) is 0 Å². The fourth-order valence-corrected chi connectivity index (χ4v) is 5.81. The number of nitrogens with one attached hydrogen (secondary N) is 1. The summed E-state index contributed by atoms with van der Waals surface area (Å²) in [7, 11) is 3.65. The van der Waals surface area contributed by atoms with Crippen molar-refractivity contribution in [3.05, 3.63) is 42.1 Å². The highest BCUT2D eigenvalue weighted by Gasteiger charge is 2.35. The number of amides is 1. The minimum absolute atomic E-state index is 0.0476. The van der Waals surface area contributed by atoms with Crippen LogP contribution in [0, 0.1) is 5.92 Å². The number of imidazole rings is 1. The van der Waals surface area contributed by atoms with Gasteiger partial charge in [0.05, 0.1) is 18.3 Å². The summed E-state index contributed by atoms with van der Waals surface area (Å²) in [5, 5.41) is 4.64. The molecular weight excluding hydrogens is 428 g/mol. The average molecular weight is 459 g/mol. The number of rotatable bonds is 4. The molecule has 0 saturated carbocycles. The lowest BCUT2D eigenvalue weighted by atomic mass is 9.92. The second kappa shape index (κ2) is 8.13. The van der Waals surface area contributed by atoms with Crippen molar-refractivity contribution in [1.29, 1.82) is 0 Å². The van der Waals surface area contributed by atoms with Crippen LogP contribution in [0.15, 0.2) is 36.5 Å². The van der Waals surface area contributed by atoms with E-state index >= 15 is 0 Å². The molecule has 5 heterocycles. The molecule has 176 valence electrons. The van der Waals surface area contributed by atoms with E-state index < -0.39 is 0 Å². The van der Waals surface area contributed by atoms with E-state index in [0.717, 1.165) is 66.2 Å². The van der Waals surface area contributed by atoms with E-state index in [9.17, 15) is 4.79 Å². The minimum atomic E-state index is 0.0476. The number of pyridine rings is 1. The molecule has 3 aromatic heterocycles. The number of methoxy groups -OCH3 is 1. The Hall–Kier alpha value is -3.39. The summed E-state index contributed by atoms with van der Waals surface area (Å²) >= 11 is 0. The van der Waals surface area contributed by atoms with Gasteiger partial charge in [-0.3, -0.25) is 4.79 Å². The minimum Gasteiger partial charge on any atom is -0.494 e. The fourth-order valence-electron chi connectivity index (χ4n) is 5.81. The molecule has 0 bridgehead atoms. The van der Waals surface area contributed by atoms with Crippen molar-refractivity contribution in [2.45, 2.75) is 32.4 Å². The van der Waals surface area contributed by atoms with E-state index in [4.69, 9.17) is 9.72 Å². The maximum absolute atomic E-state index is 13.5. The highest BCUT2D eigenvalue weighted by Crippen LogP contribution is 2.34. The second-order valence-corrected chi connectivity index (χ2v) is 9.38. The number of hydrogen-bond donors (Lipinski definition) is 1. The number of carbonyl (C=O) groups excluding carboxylic acids is 1. The number of aryl methyl sites for hydroxylation is 2. The van der Waals surface area contributed by atoms with Gasteiger partial charge in [0.25, 0.3) is 5.91 Å². The molecule has 2 atom stereocenters. The zero-order chi connectivity index (χ0) is 23.4. The SMILES string of the molecule is CCn1c(-c2nc3cc(C(=O)N4CC[C@H]5CCN[C@H]5C4)cc(OC)c3n2C)cc2cccnc21. The Labute approximate surface area is 198 Å². The summed E-state index contributed by atoms with van der Waals surface area (Å²) in [5.41, 5.74) is 4.21. The van der Waals surface area contributed by atoms with E-state index in [0.29, 0.717) is 23.3 Å². The molecule has 1 aromatic carbocycles. The van der Waals surface area contributed by atoms with Crippen molar-refractivity contribution in [1.82, 2.24) is 29.3 Å². The topological polar surface area (TPSA) is 77.2 Å². The van der Waals surface area contributed by atoms with Crippen molar-refractivity contribution < 1.29 is 9.53 Å². The highest BCUT2D eigenvalue weighted by atomic mass is 16.5. The smallest absolute Gasteiger partial charge is 0.254 e. The van der Waals surface area contributed by atoms with Crippen LogP contribution < -0.4 is 10.1 Å². The number of nitrogens with zero attached hydrogens (tertiary/aromatic N) is 5. The van der Waals surface area contributed by atoms with Gasteiger partial charge in [0, 0.05) is 49.9 Å². The summed E-state index contributed by atoms with van der Waals surface area (Å²) < 4.78 is 9.98. The molecule has 8 nitrogen and oxygen atoms in total. The molecule has 0 unspecified atom stereocenters. The Bertz CT molecular complexity index is 1400. The molecule has 2 saturated heterocycles. The van der Waals surface area contributed by atoms with E-state index in [1.54, 1.807) is 7.11 Å². The van der Waals surface area contributed by atoms with Gasteiger partial charge in [-0.25, -0.2) is 9.97 Å². The molecule has 8 heteroatoms. The lowest BCUT2D eigenvalue weighted by Gasteiger charge is -2.35. The Morgan fingerprint density at radius 1 is 1.26 bits per heavy atom. The maximum atomic E-state index is 13.5. The van der Waals surface area contributed by atoms with Gasteiger partial charge in [0.1, 0.15) is 16.9 Å². The van der Waals surface area contributed by atoms with Gasteiger partial charge < -0.3 is 24.1 Å². The van der Waals surface area contributed by atoms with Gasteiger partial charge in [-0.15, -0.1) is 0 Å². The zero-order valence-corrected chi connectivity index (χ0v) is 19.9. The maximum Gasteiger partial charge on any atom is 0.254 e. The lowest BCUT2D eigenvalue weighted by molar-refractivity contribution is 0.0669. The summed E-state index contributed by atoms with van der Waals surface area (Å²) in [6.45, 7) is 5.52. The number of carbonyl (C=O) groups is 1. The molecule has 0 radical (unpaired) electrons. The van der Waals surface area contributed by atoms with Crippen LogP contribution in [-0.4, -0.2) is 62.7 Å². The third-order valence-corrected chi connectivity index (χ3v) is 7.57. The lowest BCUT2D eigenvalue weighted by Crippen LogP contribution is -2.48. The Kier molecular flexibility index (Phi) is 5.06. The number of benzene rings is 1. The van der Waals surface area contributed by atoms with Gasteiger partial charge in [-0.2, -0.15) is 0 Å². The third-order valence-electron chi connectivity index (χ3n) is 7.57. The Morgan fingerprint density at radius 3 is 2.97 bits per heavy atom. The van der Waals surface area contributed by atoms with Gasteiger partial charge in [0.15, 0.2) is 5.82 Å². The summed E-state index contributed by atoms with van der Waals surface area (Å²) in [6, 6.07) is 10.3. The Balaban J connectivity index is 1.43. The first-order valence-electron chi connectivity index (χ1n) is 12.1. The molecule has 2 aliphatic rings. The average Bonchev–Trinajstić information content (AvgIpc) is 3.57. The predicted molar refractivity (Wildman–Crippen MR) is 132 cm³/mol. The van der Waals surface area contributed by atoms with Crippen molar-refractivity contribution in [3.8, 4) is 17.3 Å². The molecule has 0 aliphatic carbocycles. The second-order valence-electron chi connectivity index (χ2n) is 9.38. The van der Waals surface area contributed by atoms with Crippen molar-refractivity contribution >= 4 is 28.0 Å². The van der Waals surface area contributed by atoms with Crippen molar-refractivity contribution in [2.75, 3.05) is 26.7 Å². The standard InChI is InChI=1S/C26H30N6O2/c1-4-32-21(13-17-6-5-9-28-24(17)32)25-29-19-12-18(14-22(34-3)23(19)30(25)2)26(33)31-11-8-16-7-10-27-20(16)15-31/h5-6,9,12-14,16,20,27H,4,7-8,10-11,15H2,1-3H3/t16-,20+/m1/s1. The summed E-state index contributed by atoms with van der Waals surface area (Å²) in [4.78, 5) is 25.0. The first kappa shape index (κ1) is 21.2. The number of aromatic nitrogens is 4. The highest BCUT2D eigenvalue weighted by molar-refractivity contribution is 6.00. The zero-order valence-electron chi connectivity index (χ0n) is 19.9. The fraction of sp³-hybridized carbons (Fsp3) is 0.423. The van der Waals surface area contributed by atoms with Gasteiger partial charge in [-0.1, -0.05) is 0 Å². The van der Waals surface area contributed by atoms with E-state index in [1.165, 1.54) is 6.42 Å². The van der Waals surface area contributed by atoms with Crippen LogP contribution in [-0.2, 0) is 13.6 Å². The molecule has 0 spiro atoms. The van der Waals surface area contributed by atoms with Gasteiger partial charge in [0.2, 0.25) is 0 Å². The number of hydrogen-bond acceptors (Lipinski definition) is 5. The van der Waals surface area contributed by atoms with Crippen molar-refractivity contribution in [2.24, 2.45) is 13.0 Å². The third kappa shape index (κ3) is 3.20. The van der Waals surface area contributed by atoms with Gasteiger partial charge >= 0.3 is 0 Å². The molecular formula is C26H30N6O2. The van der Waals surface area contributed by atoms with Crippen LogP contribution in [0.2, 0.25) is 0 Å². The van der Waals surface area contributed by atoms with Crippen molar-refractivity contribution in [3.63, 3.8) is 0 Å². The molecule has 1 N–H and O–H groups in total. The van der Waals surface area contributed by atoms with Crippen LogP contribution in [0.25, 0.3) is 33.6 Å². The normalized spacial score (nSPS) is 20.3. The predicted octanol–water partition coefficient (Wildman–Crippen LogP) is 3.44. The molecule has 6 rings (SSSR count). The largest absolute Gasteiger partial charge is 0.494 e. The molecule has 4 aromatic rings. The first-order valence-corrected chi connectivity index (χ1v) is 12.1. The van der Waals surface area contributed by atoms with Crippen LogP contribution in [0.3, 0.4) is 0 Å². The summed E-state index contributed by atoms with van der Waals surface area (Å²) in [5.74, 6) is 2.23. The number of fused-ring (bicyclic) bond motifs is 3. The molecule has 34 heavy (non-hydrogen) atoms. The molecule has 1 amide bonds.